The number of benzene rings is 1. The SMILES string of the molecule is C[C@H](O)[C@@H](NC(=O)OC(C)(C)C)C(=O)Oc1ccc(F)cc1N. The number of amides is 1. The molecule has 0 fully saturated rings. The summed E-state index contributed by atoms with van der Waals surface area (Å²) in [5.41, 5.74) is 4.69. The number of nitrogens with two attached hydrogens (primary N) is 1. The molecule has 8 heteroatoms. The minimum absolute atomic E-state index is 0.0759. The molecule has 0 heterocycles. The Morgan fingerprint density at radius 3 is 2.43 bits per heavy atom. The van der Waals surface area contributed by atoms with Gasteiger partial charge in [-0.15, -0.1) is 0 Å². The Kier molecular flexibility index (Phi) is 5.91. The smallest absolute Gasteiger partial charge is 0.408 e. The summed E-state index contributed by atoms with van der Waals surface area (Å²) in [6.45, 7) is 6.27. The Hall–Kier alpha value is -2.35. The lowest BCUT2D eigenvalue weighted by Gasteiger charge is -2.24. The zero-order valence-electron chi connectivity index (χ0n) is 13.4. The first-order valence-electron chi connectivity index (χ1n) is 6.94. The van der Waals surface area contributed by atoms with E-state index in [4.69, 9.17) is 15.2 Å². The molecule has 0 aromatic heterocycles. The molecule has 1 aromatic rings. The minimum atomic E-state index is -1.37. The molecule has 1 rings (SSSR count). The van der Waals surface area contributed by atoms with Gasteiger partial charge in [0.05, 0.1) is 11.8 Å². The summed E-state index contributed by atoms with van der Waals surface area (Å²) in [6, 6.07) is 1.86. The molecule has 0 saturated heterocycles. The average molecular weight is 328 g/mol. The zero-order valence-corrected chi connectivity index (χ0v) is 13.4. The van der Waals surface area contributed by atoms with Crippen molar-refractivity contribution in [3.05, 3.63) is 24.0 Å². The van der Waals surface area contributed by atoms with E-state index in [-0.39, 0.29) is 11.4 Å². The predicted molar refractivity (Wildman–Crippen MR) is 81.3 cm³/mol. The van der Waals surface area contributed by atoms with Crippen LogP contribution in [-0.2, 0) is 9.53 Å². The van der Waals surface area contributed by atoms with Gasteiger partial charge in [0.1, 0.15) is 11.4 Å². The number of hydrogen-bond donors (Lipinski definition) is 3. The molecule has 7 nitrogen and oxygen atoms in total. The summed E-state index contributed by atoms with van der Waals surface area (Å²) in [7, 11) is 0. The molecule has 0 radical (unpaired) electrons. The average Bonchev–Trinajstić information content (AvgIpc) is 2.36. The van der Waals surface area contributed by atoms with Crippen LogP contribution in [0.5, 0.6) is 5.75 Å². The molecule has 0 saturated carbocycles. The molecule has 2 atom stereocenters. The number of rotatable bonds is 4. The molecule has 128 valence electrons. The van der Waals surface area contributed by atoms with E-state index in [1.807, 2.05) is 0 Å². The van der Waals surface area contributed by atoms with Gasteiger partial charge in [-0.3, -0.25) is 0 Å². The van der Waals surface area contributed by atoms with Crippen LogP contribution in [0.3, 0.4) is 0 Å². The van der Waals surface area contributed by atoms with Crippen molar-refractivity contribution in [1.29, 1.82) is 0 Å². The number of carbonyl (C=O) groups excluding carboxylic acids is 2. The van der Waals surface area contributed by atoms with Crippen molar-refractivity contribution in [2.75, 3.05) is 5.73 Å². The van der Waals surface area contributed by atoms with E-state index >= 15 is 0 Å². The second-order valence-electron chi connectivity index (χ2n) is 5.97. The van der Waals surface area contributed by atoms with E-state index in [9.17, 15) is 19.1 Å². The Bertz CT molecular complexity index is 584. The molecule has 0 aliphatic rings. The van der Waals surface area contributed by atoms with Crippen LogP contribution in [0, 0.1) is 5.82 Å². The second kappa shape index (κ2) is 7.28. The summed E-state index contributed by atoms with van der Waals surface area (Å²) in [4.78, 5) is 23.8. The van der Waals surface area contributed by atoms with Gasteiger partial charge in [-0.1, -0.05) is 0 Å². The number of ether oxygens (including phenoxy) is 2. The van der Waals surface area contributed by atoms with Crippen molar-refractivity contribution in [1.82, 2.24) is 5.32 Å². The molecule has 0 spiro atoms. The first kappa shape index (κ1) is 18.7. The number of aliphatic hydroxyl groups is 1. The van der Waals surface area contributed by atoms with Crippen molar-refractivity contribution < 1.29 is 28.6 Å². The Morgan fingerprint density at radius 2 is 1.96 bits per heavy atom. The summed E-state index contributed by atoms with van der Waals surface area (Å²) < 4.78 is 23.0. The third kappa shape index (κ3) is 6.11. The molecule has 0 unspecified atom stereocenters. The van der Waals surface area contributed by atoms with E-state index in [0.29, 0.717) is 0 Å². The van der Waals surface area contributed by atoms with Crippen LogP contribution in [0.25, 0.3) is 0 Å². The van der Waals surface area contributed by atoms with E-state index in [0.717, 1.165) is 12.1 Å². The number of esters is 1. The highest BCUT2D eigenvalue weighted by molar-refractivity contribution is 5.84. The predicted octanol–water partition coefficient (Wildman–Crippen LogP) is 1.59. The van der Waals surface area contributed by atoms with Crippen molar-refractivity contribution in [2.45, 2.75) is 45.4 Å². The lowest BCUT2D eigenvalue weighted by atomic mass is 10.2. The topological polar surface area (TPSA) is 111 Å². The number of anilines is 1. The largest absolute Gasteiger partial charge is 0.444 e. The lowest BCUT2D eigenvalue weighted by molar-refractivity contribution is -0.139. The van der Waals surface area contributed by atoms with E-state index < -0.39 is 35.6 Å². The number of aliphatic hydroxyl groups excluding tert-OH is 1. The van der Waals surface area contributed by atoms with Gasteiger partial charge in [0, 0.05) is 6.07 Å². The third-order valence-electron chi connectivity index (χ3n) is 2.59. The van der Waals surface area contributed by atoms with Crippen LogP contribution in [0.4, 0.5) is 14.9 Å². The lowest BCUT2D eigenvalue weighted by Crippen LogP contribution is -2.50. The molecule has 0 aliphatic carbocycles. The van der Waals surface area contributed by atoms with Crippen LogP contribution >= 0.6 is 0 Å². The van der Waals surface area contributed by atoms with E-state index in [1.54, 1.807) is 20.8 Å². The summed E-state index contributed by atoms with van der Waals surface area (Å²) >= 11 is 0. The minimum Gasteiger partial charge on any atom is -0.444 e. The zero-order chi connectivity index (χ0) is 17.8. The third-order valence-corrected chi connectivity index (χ3v) is 2.59. The van der Waals surface area contributed by atoms with Crippen LogP contribution in [0.15, 0.2) is 18.2 Å². The number of carbonyl (C=O) groups is 2. The maximum absolute atomic E-state index is 13.0. The standard InChI is InChI=1S/C15H21FN2O5/c1-8(19)12(18-14(21)23-15(2,3)4)13(20)22-11-6-5-9(16)7-10(11)17/h5-8,12,19H,17H2,1-4H3,(H,18,21)/t8-,12+/m0/s1. The normalized spacial score (nSPS) is 13.8. The quantitative estimate of drug-likeness (QED) is 0.440. The number of halogens is 1. The van der Waals surface area contributed by atoms with Gasteiger partial charge in [0.15, 0.2) is 11.8 Å². The molecule has 1 aromatic carbocycles. The fourth-order valence-corrected chi connectivity index (χ4v) is 1.60. The number of alkyl carbamates (subject to hydrolysis) is 1. The molecule has 4 N–H and O–H groups in total. The highest BCUT2D eigenvalue weighted by Crippen LogP contribution is 2.22. The monoisotopic (exact) mass is 328 g/mol. The molecule has 0 aliphatic heterocycles. The van der Waals surface area contributed by atoms with Gasteiger partial charge in [-0.25, -0.2) is 14.0 Å². The van der Waals surface area contributed by atoms with Crippen LogP contribution in [-0.4, -0.2) is 34.9 Å². The van der Waals surface area contributed by atoms with E-state index in [1.165, 1.54) is 13.0 Å². The van der Waals surface area contributed by atoms with Crippen molar-refractivity contribution in [3.8, 4) is 5.75 Å². The fraction of sp³-hybridized carbons (Fsp3) is 0.467. The van der Waals surface area contributed by atoms with Gasteiger partial charge in [-0.05, 0) is 39.8 Å². The van der Waals surface area contributed by atoms with Gasteiger partial charge in [0.2, 0.25) is 0 Å². The highest BCUT2D eigenvalue weighted by atomic mass is 19.1. The molecule has 0 bridgehead atoms. The van der Waals surface area contributed by atoms with Gasteiger partial charge in [-0.2, -0.15) is 0 Å². The first-order valence-corrected chi connectivity index (χ1v) is 6.94. The number of hydrogen-bond acceptors (Lipinski definition) is 6. The molecular formula is C15H21FN2O5. The first-order chi connectivity index (χ1) is 10.5. The molecule has 1 amide bonds. The van der Waals surface area contributed by atoms with Gasteiger partial charge >= 0.3 is 12.1 Å². The van der Waals surface area contributed by atoms with Gasteiger partial charge < -0.3 is 25.6 Å². The van der Waals surface area contributed by atoms with Crippen LogP contribution < -0.4 is 15.8 Å². The van der Waals surface area contributed by atoms with E-state index in [2.05, 4.69) is 5.32 Å². The van der Waals surface area contributed by atoms with Gasteiger partial charge in [0.25, 0.3) is 0 Å². The number of nitrogens with one attached hydrogen (secondary N) is 1. The molecule has 23 heavy (non-hydrogen) atoms. The van der Waals surface area contributed by atoms with Crippen LogP contribution in [0.1, 0.15) is 27.7 Å². The van der Waals surface area contributed by atoms with Crippen LogP contribution in [0.2, 0.25) is 0 Å². The Morgan fingerprint density at radius 1 is 1.35 bits per heavy atom. The molecular weight excluding hydrogens is 307 g/mol. The second-order valence-corrected chi connectivity index (χ2v) is 5.97. The summed E-state index contributed by atoms with van der Waals surface area (Å²) in [6.07, 6.45) is -2.12. The van der Waals surface area contributed by atoms with Crippen molar-refractivity contribution in [3.63, 3.8) is 0 Å². The summed E-state index contributed by atoms with van der Waals surface area (Å²) in [5.74, 6) is -1.61. The maximum atomic E-state index is 13.0. The maximum Gasteiger partial charge on any atom is 0.408 e. The Labute approximate surface area is 133 Å². The number of nitrogen functional groups attached to an aromatic ring is 1. The highest BCUT2D eigenvalue weighted by Gasteiger charge is 2.30. The van der Waals surface area contributed by atoms with Crippen molar-refractivity contribution >= 4 is 17.7 Å². The van der Waals surface area contributed by atoms with Crippen molar-refractivity contribution in [2.24, 2.45) is 0 Å². The summed E-state index contributed by atoms with van der Waals surface area (Å²) in [5, 5.41) is 11.9. The Balaban J connectivity index is 2.81. The fourth-order valence-electron chi connectivity index (χ4n) is 1.60.